The number of pyridine rings is 1. The Balaban J connectivity index is 1.45. The molecule has 0 saturated heterocycles. The van der Waals surface area contributed by atoms with Gasteiger partial charge in [-0.05, 0) is 48.5 Å². The number of hydrogen-bond donors (Lipinski definition) is 0. The van der Waals surface area contributed by atoms with Crippen LogP contribution in [-0.2, 0) is 0 Å². The summed E-state index contributed by atoms with van der Waals surface area (Å²) in [6.07, 6.45) is 5.97. The van der Waals surface area contributed by atoms with Crippen LogP contribution in [0.2, 0.25) is 0 Å². The fraction of sp³-hybridized carbons (Fsp3) is 0.0606. The number of benzene rings is 4. The fourth-order valence-corrected chi connectivity index (χ4v) is 6.24. The minimum atomic E-state index is 0.570. The molecular weight excluding hydrogens is 500 g/mol. The number of para-hydroxylation sites is 1. The van der Waals surface area contributed by atoms with E-state index < -0.39 is 0 Å². The smallest absolute Gasteiger partial charge is 0.219 e. The molecule has 6 heteroatoms. The van der Waals surface area contributed by atoms with Crippen molar-refractivity contribution in [1.82, 2.24) is 9.88 Å². The van der Waals surface area contributed by atoms with E-state index in [9.17, 15) is 0 Å². The Morgan fingerprint density at radius 2 is 1.59 bits per heavy atom. The van der Waals surface area contributed by atoms with Crippen LogP contribution >= 0.6 is 11.3 Å². The molecule has 3 heterocycles. The van der Waals surface area contributed by atoms with Gasteiger partial charge in [0.1, 0.15) is 5.75 Å². The Hall–Kier alpha value is -4.81. The lowest BCUT2D eigenvalue weighted by Gasteiger charge is -2.28. The standard InChI is InChI=1S/C33H26N4OS/c1-35-18-19-36(23-35)25-12-9-13-26(20-25)37(24-10-3-2-4-11-24)30-22-27(38-32-16-7-8-17-34-32)21-29-28-14-5-6-15-31(28)39-33(29)30/h2-22H,23H2,1H3. The number of fused-ring (bicyclic) bond motifs is 3. The van der Waals surface area contributed by atoms with Gasteiger partial charge in [-0.1, -0.05) is 48.5 Å². The molecule has 0 aliphatic carbocycles. The topological polar surface area (TPSA) is 31.8 Å². The third-order valence-corrected chi connectivity index (χ3v) is 8.05. The van der Waals surface area contributed by atoms with Crippen LogP contribution in [0.5, 0.6) is 11.6 Å². The van der Waals surface area contributed by atoms with Crippen LogP contribution in [0.15, 0.2) is 128 Å². The molecule has 39 heavy (non-hydrogen) atoms. The summed E-state index contributed by atoms with van der Waals surface area (Å²) in [5.74, 6) is 1.32. The molecule has 0 amide bonds. The highest BCUT2D eigenvalue weighted by Gasteiger charge is 2.21. The first kappa shape index (κ1) is 23.3. The van der Waals surface area contributed by atoms with Crippen LogP contribution in [0.25, 0.3) is 20.2 Å². The van der Waals surface area contributed by atoms with Gasteiger partial charge in [-0.25, -0.2) is 4.98 Å². The summed E-state index contributed by atoms with van der Waals surface area (Å²) in [6.45, 7) is 0.822. The van der Waals surface area contributed by atoms with Crippen molar-refractivity contribution in [2.24, 2.45) is 0 Å². The van der Waals surface area contributed by atoms with Crippen molar-refractivity contribution >= 4 is 54.3 Å². The summed E-state index contributed by atoms with van der Waals surface area (Å²) in [7, 11) is 2.09. The predicted molar refractivity (Wildman–Crippen MR) is 163 cm³/mol. The van der Waals surface area contributed by atoms with Gasteiger partial charge in [-0.2, -0.15) is 0 Å². The second-order valence-corrected chi connectivity index (χ2v) is 10.6. The third-order valence-electron chi connectivity index (χ3n) is 6.84. The van der Waals surface area contributed by atoms with E-state index in [-0.39, 0.29) is 0 Å². The van der Waals surface area contributed by atoms with Crippen LogP contribution < -0.4 is 14.5 Å². The number of aromatic nitrogens is 1. The van der Waals surface area contributed by atoms with Crippen LogP contribution in [0, 0.1) is 0 Å². The molecule has 0 fully saturated rings. The average Bonchev–Trinajstić information content (AvgIpc) is 3.58. The average molecular weight is 527 g/mol. The highest BCUT2D eigenvalue weighted by Crippen LogP contribution is 2.47. The number of hydrogen-bond acceptors (Lipinski definition) is 6. The van der Waals surface area contributed by atoms with E-state index in [2.05, 4.69) is 130 Å². The number of anilines is 4. The molecule has 4 aromatic carbocycles. The summed E-state index contributed by atoms with van der Waals surface area (Å²) in [5.41, 5.74) is 4.37. The monoisotopic (exact) mass is 526 g/mol. The molecule has 0 saturated carbocycles. The first-order valence-electron chi connectivity index (χ1n) is 12.9. The van der Waals surface area contributed by atoms with E-state index in [0.29, 0.717) is 5.88 Å². The molecule has 1 aliphatic rings. The summed E-state index contributed by atoms with van der Waals surface area (Å²) in [5, 5.41) is 2.39. The maximum Gasteiger partial charge on any atom is 0.219 e. The molecule has 0 spiro atoms. The highest BCUT2D eigenvalue weighted by atomic mass is 32.1. The molecule has 2 aromatic heterocycles. The summed E-state index contributed by atoms with van der Waals surface area (Å²) in [4.78, 5) is 11.2. The van der Waals surface area contributed by atoms with Gasteiger partial charge in [0.15, 0.2) is 0 Å². The first-order chi connectivity index (χ1) is 19.2. The van der Waals surface area contributed by atoms with Crippen LogP contribution in [0.4, 0.5) is 22.7 Å². The maximum atomic E-state index is 6.33. The molecular formula is C33H26N4OS. The molecule has 0 radical (unpaired) electrons. The lowest BCUT2D eigenvalue weighted by atomic mass is 10.1. The Morgan fingerprint density at radius 3 is 2.41 bits per heavy atom. The van der Waals surface area contributed by atoms with Gasteiger partial charge in [0.05, 0.1) is 17.1 Å². The molecule has 0 unspecified atom stereocenters. The van der Waals surface area contributed by atoms with E-state index in [0.717, 1.165) is 35.2 Å². The van der Waals surface area contributed by atoms with Gasteiger partial charge in [0.25, 0.3) is 0 Å². The molecule has 0 bridgehead atoms. The van der Waals surface area contributed by atoms with E-state index in [4.69, 9.17) is 4.74 Å². The van der Waals surface area contributed by atoms with Crippen molar-refractivity contribution in [3.8, 4) is 11.6 Å². The van der Waals surface area contributed by atoms with Crippen molar-refractivity contribution in [2.75, 3.05) is 23.5 Å². The Kier molecular flexibility index (Phi) is 5.87. The van der Waals surface area contributed by atoms with Crippen LogP contribution in [-0.4, -0.2) is 23.6 Å². The number of rotatable bonds is 6. The molecule has 0 N–H and O–H groups in total. The normalized spacial score (nSPS) is 12.9. The first-order valence-corrected chi connectivity index (χ1v) is 13.7. The molecule has 1 aliphatic heterocycles. The zero-order valence-electron chi connectivity index (χ0n) is 21.4. The molecule has 7 rings (SSSR count). The van der Waals surface area contributed by atoms with Crippen molar-refractivity contribution in [3.05, 3.63) is 128 Å². The predicted octanol–water partition coefficient (Wildman–Crippen LogP) is 8.89. The third kappa shape index (κ3) is 4.45. The Morgan fingerprint density at radius 1 is 0.769 bits per heavy atom. The van der Waals surface area contributed by atoms with Crippen molar-refractivity contribution in [3.63, 3.8) is 0 Å². The summed E-state index contributed by atoms with van der Waals surface area (Å²) >= 11 is 1.81. The number of nitrogens with zero attached hydrogens (tertiary/aromatic N) is 4. The quantitative estimate of drug-likeness (QED) is 0.216. The maximum absolute atomic E-state index is 6.33. The van der Waals surface area contributed by atoms with E-state index in [1.54, 1.807) is 6.20 Å². The highest BCUT2D eigenvalue weighted by molar-refractivity contribution is 7.26. The van der Waals surface area contributed by atoms with Gasteiger partial charge >= 0.3 is 0 Å². The SMILES string of the molecule is CN1C=CN(c2cccc(N(c3ccccc3)c3cc(Oc4ccccn4)cc4c3sc3ccccc34)c2)C1. The summed E-state index contributed by atoms with van der Waals surface area (Å²) in [6, 6.07) is 37.8. The molecule has 0 atom stereocenters. The van der Waals surface area contributed by atoms with Gasteiger partial charge in [-0.15, -0.1) is 11.3 Å². The zero-order valence-corrected chi connectivity index (χ0v) is 22.3. The van der Waals surface area contributed by atoms with Crippen LogP contribution in [0.3, 0.4) is 0 Å². The van der Waals surface area contributed by atoms with E-state index >= 15 is 0 Å². The molecule has 5 nitrogen and oxygen atoms in total. The second-order valence-electron chi connectivity index (χ2n) is 9.54. The lowest BCUT2D eigenvalue weighted by molar-refractivity contribution is 0.464. The molecule has 190 valence electrons. The van der Waals surface area contributed by atoms with Gasteiger partial charge in [0, 0.05) is 70.3 Å². The van der Waals surface area contributed by atoms with Crippen molar-refractivity contribution in [1.29, 1.82) is 0 Å². The van der Waals surface area contributed by atoms with Gasteiger partial charge < -0.3 is 19.4 Å². The van der Waals surface area contributed by atoms with E-state index in [1.807, 2.05) is 29.5 Å². The minimum Gasteiger partial charge on any atom is -0.439 e. The molecule has 6 aromatic rings. The lowest BCUT2D eigenvalue weighted by Crippen LogP contribution is -2.21. The van der Waals surface area contributed by atoms with Crippen molar-refractivity contribution in [2.45, 2.75) is 0 Å². The van der Waals surface area contributed by atoms with Gasteiger partial charge in [0.2, 0.25) is 5.88 Å². The largest absolute Gasteiger partial charge is 0.439 e. The zero-order chi connectivity index (χ0) is 26.2. The van der Waals surface area contributed by atoms with Gasteiger partial charge in [-0.3, -0.25) is 0 Å². The van der Waals surface area contributed by atoms with Crippen LogP contribution in [0.1, 0.15) is 0 Å². The van der Waals surface area contributed by atoms with Crippen molar-refractivity contribution < 1.29 is 4.74 Å². The summed E-state index contributed by atoms with van der Waals surface area (Å²) < 4.78 is 8.78. The second kappa shape index (κ2) is 9.82. The minimum absolute atomic E-state index is 0.570. The Bertz CT molecular complexity index is 1800. The number of ether oxygens (including phenoxy) is 1. The Labute approximate surface area is 231 Å². The van der Waals surface area contributed by atoms with E-state index in [1.165, 1.54) is 20.2 Å². The fourth-order valence-electron chi connectivity index (χ4n) is 5.05. The number of thiophene rings is 1.